The van der Waals surface area contributed by atoms with Crippen LogP contribution in [0, 0.1) is 0 Å². The molecule has 1 aromatic carbocycles. The first-order valence-electron chi connectivity index (χ1n) is 5.51. The van der Waals surface area contributed by atoms with E-state index in [0.717, 1.165) is 5.56 Å². The van der Waals surface area contributed by atoms with Crippen LogP contribution in [0.2, 0.25) is 0 Å². The van der Waals surface area contributed by atoms with Crippen LogP contribution in [-0.2, 0) is 9.53 Å². The molecular weight excluding hydrogens is 275 g/mol. The van der Waals surface area contributed by atoms with E-state index in [-0.39, 0.29) is 6.61 Å². The first-order valence-corrected chi connectivity index (χ1v) is 6.38. The molecule has 1 rings (SSSR count). The quantitative estimate of drug-likeness (QED) is 0.623. The lowest BCUT2D eigenvalue weighted by Crippen LogP contribution is -2.27. The van der Waals surface area contributed by atoms with E-state index in [1.807, 2.05) is 0 Å². The highest BCUT2D eigenvalue weighted by atomic mass is 35.5. The zero-order chi connectivity index (χ0) is 13.8. The minimum absolute atomic E-state index is 0.143. The van der Waals surface area contributed by atoms with Crippen molar-refractivity contribution in [3.8, 4) is 5.75 Å². The number of ether oxygens (including phenoxy) is 2. The molecule has 0 amide bonds. The lowest BCUT2D eigenvalue weighted by molar-refractivity contribution is -0.157. The molecule has 3 nitrogen and oxygen atoms in total. The highest BCUT2D eigenvalue weighted by molar-refractivity contribution is 6.44. The van der Waals surface area contributed by atoms with Gasteiger partial charge in [-0.25, -0.2) is 4.79 Å². The van der Waals surface area contributed by atoms with Gasteiger partial charge in [-0.1, -0.05) is 12.1 Å². The third-order valence-corrected chi connectivity index (χ3v) is 2.39. The Morgan fingerprint density at radius 1 is 1.33 bits per heavy atom. The topological polar surface area (TPSA) is 35.5 Å². The highest BCUT2D eigenvalue weighted by Crippen LogP contribution is 2.27. The summed E-state index contributed by atoms with van der Waals surface area (Å²) in [5, 5.41) is 0. The van der Waals surface area contributed by atoms with Gasteiger partial charge in [-0.3, -0.25) is 0 Å². The van der Waals surface area contributed by atoms with Crippen molar-refractivity contribution in [2.24, 2.45) is 0 Å². The molecule has 5 heteroatoms. The molecule has 1 aromatic rings. The van der Waals surface area contributed by atoms with Crippen molar-refractivity contribution in [1.82, 2.24) is 0 Å². The minimum atomic E-state index is -0.616. The molecule has 0 aliphatic rings. The molecule has 0 atom stereocenters. The molecule has 100 valence electrons. The van der Waals surface area contributed by atoms with E-state index < -0.39 is 16.4 Å². The summed E-state index contributed by atoms with van der Waals surface area (Å²) in [7, 11) is 0. The summed E-state index contributed by atoms with van der Waals surface area (Å²) in [5.74, 6) is 0.117. The zero-order valence-corrected chi connectivity index (χ0v) is 12.1. The van der Waals surface area contributed by atoms with Crippen molar-refractivity contribution < 1.29 is 14.3 Å². The SMILES string of the molecule is CC(C)(C)OC(=O)COc1cccc(C(Cl)Cl)c1. The summed E-state index contributed by atoms with van der Waals surface area (Å²) >= 11 is 11.5. The molecule has 0 saturated carbocycles. The van der Waals surface area contributed by atoms with Crippen LogP contribution < -0.4 is 4.74 Å². The Morgan fingerprint density at radius 2 is 2.00 bits per heavy atom. The summed E-state index contributed by atoms with van der Waals surface area (Å²) in [6, 6.07) is 6.96. The Morgan fingerprint density at radius 3 is 2.56 bits per heavy atom. The first kappa shape index (κ1) is 15.1. The minimum Gasteiger partial charge on any atom is -0.482 e. The highest BCUT2D eigenvalue weighted by Gasteiger charge is 2.16. The van der Waals surface area contributed by atoms with Gasteiger partial charge in [0.2, 0.25) is 0 Å². The second kappa shape index (κ2) is 6.30. The molecule has 0 spiro atoms. The van der Waals surface area contributed by atoms with Gasteiger partial charge in [0.05, 0.1) is 0 Å². The third-order valence-electron chi connectivity index (χ3n) is 1.89. The Kier molecular flexibility index (Phi) is 5.29. The van der Waals surface area contributed by atoms with Crippen LogP contribution in [0.25, 0.3) is 0 Å². The molecule has 0 aromatic heterocycles. The van der Waals surface area contributed by atoms with Crippen molar-refractivity contribution in [1.29, 1.82) is 0 Å². The van der Waals surface area contributed by atoms with Gasteiger partial charge in [-0.05, 0) is 38.5 Å². The van der Waals surface area contributed by atoms with E-state index in [9.17, 15) is 4.79 Å². The van der Waals surface area contributed by atoms with Crippen molar-refractivity contribution in [3.05, 3.63) is 29.8 Å². The van der Waals surface area contributed by atoms with Crippen LogP contribution in [0.15, 0.2) is 24.3 Å². The molecule has 0 radical (unpaired) electrons. The van der Waals surface area contributed by atoms with E-state index in [1.165, 1.54) is 0 Å². The van der Waals surface area contributed by atoms with Crippen LogP contribution in [-0.4, -0.2) is 18.2 Å². The summed E-state index contributed by atoms with van der Waals surface area (Å²) < 4.78 is 10.4. The zero-order valence-electron chi connectivity index (χ0n) is 10.6. The molecule has 0 fully saturated rings. The smallest absolute Gasteiger partial charge is 0.344 e. The van der Waals surface area contributed by atoms with E-state index in [0.29, 0.717) is 5.75 Å². The van der Waals surface area contributed by atoms with Gasteiger partial charge in [0, 0.05) is 0 Å². The first-order chi connectivity index (χ1) is 8.28. The monoisotopic (exact) mass is 290 g/mol. The number of alkyl halides is 2. The van der Waals surface area contributed by atoms with E-state index >= 15 is 0 Å². The number of hydrogen-bond acceptors (Lipinski definition) is 3. The Bertz CT molecular complexity index is 411. The molecule has 0 unspecified atom stereocenters. The largest absolute Gasteiger partial charge is 0.482 e. The van der Waals surface area contributed by atoms with Crippen LogP contribution >= 0.6 is 23.2 Å². The van der Waals surface area contributed by atoms with Crippen LogP contribution in [0.4, 0.5) is 0 Å². The predicted molar refractivity (Wildman–Crippen MR) is 72.2 cm³/mol. The van der Waals surface area contributed by atoms with Gasteiger partial charge >= 0.3 is 5.97 Å². The number of halogens is 2. The molecule has 18 heavy (non-hydrogen) atoms. The standard InChI is InChI=1S/C13H16Cl2O3/c1-13(2,3)18-11(16)8-17-10-6-4-5-9(7-10)12(14)15/h4-7,12H,8H2,1-3H3. The average molecular weight is 291 g/mol. The lowest BCUT2D eigenvalue weighted by atomic mass is 10.2. The summed E-state index contributed by atoms with van der Waals surface area (Å²) in [6.07, 6.45) is 0. The van der Waals surface area contributed by atoms with Crippen molar-refractivity contribution >= 4 is 29.2 Å². The van der Waals surface area contributed by atoms with Gasteiger partial charge in [-0.15, -0.1) is 23.2 Å². The number of rotatable bonds is 4. The van der Waals surface area contributed by atoms with Crippen molar-refractivity contribution in [2.45, 2.75) is 31.2 Å². The fourth-order valence-electron chi connectivity index (χ4n) is 1.25. The lowest BCUT2D eigenvalue weighted by Gasteiger charge is -2.19. The Hall–Kier alpha value is -0.930. The van der Waals surface area contributed by atoms with Gasteiger partial charge < -0.3 is 9.47 Å². The van der Waals surface area contributed by atoms with E-state index in [1.54, 1.807) is 45.0 Å². The maximum absolute atomic E-state index is 11.5. The molecular formula is C13H16Cl2O3. The number of hydrogen-bond donors (Lipinski definition) is 0. The Labute approximate surface area is 117 Å². The fraction of sp³-hybridized carbons (Fsp3) is 0.462. The number of carbonyl (C=O) groups is 1. The van der Waals surface area contributed by atoms with Crippen LogP contribution in [0.5, 0.6) is 5.75 Å². The van der Waals surface area contributed by atoms with Crippen LogP contribution in [0.3, 0.4) is 0 Å². The molecule has 0 saturated heterocycles. The fourth-order valence-corrected chi connectivity index (χ4v) is 1.52. The molecule has 0 N–H and O–H groups in total. The molecule has 0 bridgehead atoms. The second-order valence-electron chi connectivity index (χ2n) is 4.75. The third kappa shape index (κ3) is 5.61. The van der Waals surface area contributed by atoms with Gasteiger partial charge in [0.25, 0.3) is 0 Å². The Balaban J connectivity index is 2.53. The van der Waals surface area contributed by atoms with Crippen LogP contribution in [0.1, 0.15) is 31.2 Å². The molecule has 0 heterocycles. The van der Waals surface area contributed by atoms with E-state index in [2.05, 4.69) is 0 Å². The number of benzene rings is 1. The number of carbonyl (C=O) groups excluding carboxylic acids is 1. The van der Waals surface area contributed by atoms with Crippen molar-refractivity contribution in [3.63, 3.8) is 0 Å². The summed E-state index contributed by atoms with van der Waals surface area (Å²) in [4.78, 5) is 10.8. The summed E-state index contributed by atoms with van der Waals surface area (Å²) in [5.41, 5.74) is 0.208. The van der Waals surface area contributed by atoms with Gasteiger partial charge in [0.15, 0.2) is 6.61 Å². The molecule has 0 aliphatic heterocycles. The predicted octanol–water partition coefficient (Wildman–Crippen LogP) is 3.88. The van der Waals surface area contributed by atoms with Crippen molar-refractivity contribution in [2.75, 3.05) is 6.61 Å². The van der Waals surface area contributed by atoms with E-state index in [4.69, 9.17) is 32.7 Å². The van der Waals surface area contributed by atoms with Gasteiger partial charge in [0.1, 0.15) is 16.2 Å². The normalized spacial score (nSPS) is 11.4. The maximum Gasteiger partial charge on any atom is 0.344 e. The summed E-state index contributed by atoms with van der Waals surface area (Å²) in [6.45, 7) is 5.27. The maximum atomic E-state index is 11.5. The average Bonchev–Trinajstić information content (AvgIpc) is 2.24. The second-order valence-corrected chi connectivity index (χ2v) is 5.84. The van der Waals surface area contributed by atoms with Gasteiger partial charge in [-0.2, -0.15) is 0 Å². The molecule has 0 aliphatic carbocycles. The number of esters is 1.